The number of benzene rings is 1. The minimum absolute atomic E-state index is 0.0955. The largest absolute Gasteiger partial charge is 0.399 e. The fraction of sp³-hybridized carbons (Fsp3) is 0.438. The van der Waals surface area contributed by atoms with Gasteiger partial charge in [0, 0.05) is 29.7 Å². The van der Waals surface area contributed by atoms with Crippen LogP contribution in [0, 0.1) is 11.8 Å². The van der Waals surface area contributed by atoms with Crippen LogP contribution in [-0.2, 0) is 0 Å². The van der Waals surface area contributed by atoms with Gasteiger partial charge in [-0.05, 0) is 42.5 Å². The van der Waals surface area contributed by atoms with Crippen molar-refractivity contribution in [3.63, 3.8) is 0 Å². The van der Waals surface area contributed by atoms with Crippen molar-refractivity contribution < 1.29 is 4.79 Å². The van der Waals surface area contributed by atoms with E-state index in [-0.39, 0.29) is 5.91 Å². The van der Waals surface area contributed by atoms with Crippen LogP contribution in [0.15, 0.2) is 24.3 Å². The lowest BCUT2D eigenvalue weighted by Gasteiger charge is -2.34. The number of carbonyl (C=O) groups is 1. The Labute approximate surface area is 118 Å². The van der Waals surface area contributed by atoms with E-state index in [0.29, 0.717) is 17.5 Å². The molecular formula is C16H21N3O. The third-order valence-corrected chi connectivity index (χ3v) is 4.03. The molecule has 1 aromatic heterocycles. The van der Waals surface area contributed by atoms with Gasteiger partial charge >= 0.3 is 0 Å². The number of carbonyl (C=O) groups excluding carboxylic acids is 1. The van der Waals surface area contributed by atoms with Gasteiger partial charge in [-0.2, -0.15) is 0 Å². The number of aromatic amines is 1. The first-order valence-electron chi connectivity index (χ1n) is 7.20. The number of H-pyrrole nitrogens is 1. The van der Waals surface area contributed by atoms with Gasteiger partial charge in [-0.1, -0.05) is 13.8 Å². The second-order valence-electron chi connectivity index (χ2n) is 6.19. The maximum Gasteiger partial charge on any atom is 0.270 e. The van der Waals surface area contributed by atoms with Crippen molar-refractivity contribution in [3.8, 4) is 0 Å². The summed E-state index contributed by atoms with van der Waals surface area (Å²) >= 11 is 0. The summed E-state index contributed by atoms with van der Waals surface area (Å²) in [5, 5.41) is 0.992. The van der Waals surface area contributed by atoms with Gasteiger partial charge in [0.25, 0.3) is 5.91 Å². The van der Waals surface area contributed by atoms with Gasteiger partial charge < -0.3 is 15.6 Å². The van der Waals surface area contributed by atoms with Crippen molar-refractivity contribution in [1.82, 2.24) is 9.88 Å². The lowest BCUT2D eigenvalue weighted by molar-refractivity contribution is 0.0618. The van der Waals surface area contributed by atoms with Crippen molar-refractivity contribution >= 4 is 22.5 Å². The summed E-state index contributed by atoms with van der Waals surface area (Å²) in [6, 6.07) is 7.56. The van der Waals surface area contributed by atoms with Crippen LogP contribution in [0.4, 0.5) is 5.69 Å². The number of hydrogen-bond donors (Lipinski definition) is 2. The number of likely N-dealkylation sites (tertiary alicyclic amines) is 1. The van der Waals surface area contributed by atoms with Crippen molar-refractivity contribution in [1.29, 1.82) is 0 Å². The Morgan fingerprint density at radius 2 is 1.95 bits per heavy atom. The lowest BCUT2D eigenvalue weighted by atomic mass is 9.92. The van der Waals surface area contributed by atoms with Gasteiger partial charge in [-0.3, -0.25) is 4.79 Å². The predicted molar refractivity (Wildman–Crippen MR) is 81.6 cm³/mol. The molecule has 0 aliphatic carbocycles. The molecule has 2 unspecified atom stereocenters. The number of anilines is 1. The van der Waals surface area contributed by atoms with Crippen molar-refractivity contribution in [3.05, 3.63) is 30.0 Å². The number of rotatable bonds is 1. The number of amides is 1. The molecule has 0 radical (unpaired) electrons. The quantitative estimate of drug-likeness (QED) is 0.783. The Kier molecular flexibility index (Phi) is 3.16. The Balaban J connectivity index is 1.88. The summed E-state index contributed by atoms with van der Waals surface area (Å²) in [5.74, 6) is 1.24. The number of nitrogens with one attached hydrogen (secondary N) is 1. The van der Waals surface area contributed by atoms with E-state index in [2.05, 4.69) is 18.8 Å². The highest BCUT2D eigenvalue weighted by atomic mass is 16.2. The van der Waals surface area contributed by atoms with Crippen LogP contribution >= 0.6 is 0 Å². The van der Waals surface area contributed by atoms with Crippen LogP contribution in [0.3, 0.4) is 0 Å². The predicted octanol–water partition coefficient (Wildman–Crippen LogP) is 2.87. The molecule has 20 heavy (non-hydrogen) atoms. The van der Waals surface area contributed by atoms with Crippen LogP contribution in [-0.4, -0.2) is 28.9 Å². The van der Waals surface area contributed by atoms with Crippen molar-refractivity contribution in [2.45, 2.75) is 20.3 Å². The molecule has 0 bridgehead atoms. The highest BCUT2D eigenvalue weighted by molar-refractivity contribution is 5.98. The maximum atomic E-state index is 12.6. The molecule has 0 saturated carbocycles. The van der Waals surface area contributed by atoms with Gasteiger partial charge in [-0.25, -0.2) is 0 Å². The van der Waals surface area contributed by atoms with Crippen molar-refractivity contribution in [2.24, 2.45) is 11.8 Å². The molecule has 2 heterocycles. The molecule has 3 rings (SSSR count). The van der Waals surface area contributed by atoms with E-state index in [1.165, 1.54) is 6.42 Å². The molecule has 1 amide bonds. The van der Waals surface area contributed by atoms with E-state index >= 15 is 0 Å². The minimum Gasteiger partial charge on any atom is -0.399 e. The summed E-state index contributed by atoms with van der Waals surface area (Å²) in [6.45, 7) is 6.12. The van der Waals surface area contributed by atoms with Crippen LogP contribution in [0.2, 0.25) is 0 Å². The summed E-state index contributed by atoms with van der Waals surface area (Å²) in [6.07, 6.45) is 1.20. The molecule has 4 nitrogen and oxygen atoms in total. The second-order valence-corrected chi connectivity index (χ2v) is 6.19. The average Bonchev–Trinajstić information content (AvgIpc) is 2.79. The maximum absolute atomic E-state index is 12.6. The zero-order chi connectivity index (χ0) is 14.3. The zero-order valence-corrected chi connectivity index (χ0v) is 12.0. The Hall–Kier alpha value is -1.97. The monoisotopic (exact) mass is 271 g/mol. The summed E-state index contributed by atoms with van der Waals surface area (Å²) < 4.78 is 0. The van der Waals surface area contributed by atoms with Crippen LogP contribution in [0.1, 0.15) is 30.8 Å². The Morgan fingerprint density at radius 1 is 1.25 bits per heavy atom. The number of nitrogens with two attached hydrogens (primary N) is 1. The highest BCUT2D eigenvalue weighted by Gasteiger charge is 2.26. The minimum atomic E-state index is 0.0955. The standard InChI is InChI=1S/C16H21N3O/c1-10-5-11(2)9-19(8-10)16(20)15-7-12-6-13(17)3-4-14(12)18-15/h3-4,6-7,10-11,18H,5,8-9,17H2,1-2H3. The number of fused-ring (bicyclic) bond motifs is 1. The van der Waals surface area contributed by atoms with Gasteiger partial charge in [0.2, 0.25) is 0 Å². The molecule has 1 aliphatic rings. The molecule has 106 valence electrons. The van der Waals surface area contributed by atoms with Crippen LogP contribution in [0.5, 0.6) is 0 Å². The molecule has 2 atom stereocenters. The Morgan fingerprint density at radius 3 is 2.65 bits per heavy atom. The molecule has 4 heteroatoms. The van der Waals surface area contributed by atoms with Crippen molar-refractivity contribution in [2.75, 3.05) is 18.8 Å². The molecule has 1 fully saturated rings. The smallest absolute Gasteiger partial charge is 0.270 e. The number of aromatic nitrogens is 1. The highest BCUT2D eigenvalue weighted by Crippen LogP contribution is 2.24. The molecule has 1 saturated heterocycles. The van der Waals surface area contributed by atoms with Gasteiger partial charge in [0.15, 0.2) is 0 Å². The van der Waals surface area contributed by atoms with Gasteiger partial charge in [0.05, 0.1) is 0 Å². The van der Waals surface area contributed by atoms with E-state index < -0.39 is 0 Å². The van der Waals surface area contributed by atoms with Gasteiger partial charge in [0.1, 0.15) is 5.69 Å². The van der Waals surface area contributed by atoms with E-state index in [1.54, 1.807) is 0 Å². The third-order valence-electron chi connectivity index (χ3n) is 4.03. The number of nitrogen functional groups attached to an aromatic ring is 1. The SMILES string of the molecule is CC1CC(C)CN(C(=O)c2cc3cc(N)ccc3[nH]2)C1. The molecule has 0 spiro atoms. The van der Waals surface area contributed by atoms with Crippen LogP contribution in [0.25, 0.3) is 10.9 Å². The first-order chi connectivity index (χ1) is 9.52. The fourth-order valence-electron chi connectivity index (χ4n) is 3.27. The normalized spacial score (nSPS) is 23.2. The van der Waals surface area contributed by atoms with E-state index in [9.17, 15) is 4.79 Å². The molecule has 3 N–H and O–H groups in total. The second kappa shape index (κ2) is 4.85. The fourth-order valence-corrected chi connectivity index (χ4v) is 3.27. The Bertz CT molecular complexity index is 636. The topological polar surface area (TPSA) is 62.1 Å². The van der Waals surface area contributed by atoms with Crippen LogP contribution < -0.4 is 5.73 Å². The van der Waals surface area contributed by atoms with E-state index in [4.69, 9.17) is 5.73 Å². The number of nitrogens with zero attached hydrogens (tertiary/aromatic N) is 1. The van der Waals surface area contributed by atoms with E-state index in [0.717, 1.165) is 29.7 Å². The number of hydrogen-bond acceptors (Lipinski definition) is 2. The first kappa shape index (κ1) is 13.0. The summed E-state index contributed by atoms with van der Waals surface area (Å²) in [4.78, 5) is 17.8. The number of piperidine rings is 1. The average molecular weight is 271 g/mol. The molecule has 1 aliphatic heterocycles. The van der Waals surface area contributed by atoms with E-state index in [1.807, 2.05) is 29.2 Å². The summed E-state index contributed by atoms with van der Waals surface area (Å²) in [7, 11) is 0. The lowest BCUT2D eigenvalue weighted by Crippen LogP contribution is -2.42. The summed E-state index contributed by atoms with van der Waals surface area (Å²) in [5.41, 5.74) is 8.12. The van der Waals surface area contributed by atoms with Gasteiger partial charge in [-0.15, -0.1) is 0 Å². The molecule has 1 aromatic carbocycles. The third kappa shape index (κ3) is 2.38. The molecular weight excluding hydrogens is 250 g/mol. The first-order valence-corrected chi connectivity index (χ1v) is 7.20. The molecule has 2 aromatic rings. The zero-order valence-electron chi connectivity index (χ0n) is 12.0.